The van der Waals surface area contributed by atoms with Crippen molar-refractivity contribution in [1.82, 2.24) is 5.32 Å². The van der Waals surface area contributed by atoms with Crippen LogP contribution in [-0.2, 0) is 14.6 Å². The van der Waals surface area contributed by atoms with Gasteiger partial charge < -0.3 is 10.6 Å². The van der Waals surface area contributed by atoms with Crippen LogP contribution in [-0.4, -0.2) is 38.9 Å². The quantitative estimate of drug-likeness (QED) is 0.745. The van der Waals surface area contributed by atoms with Gasteiger partial charge in [0.1, 0.15) is 9.84 Å². The molecule has 0 aliphatic rings. The third kappa shape index (κ3) is 6.68. The Labute approximate surface area is 120 Å². The topological polar surface area (TPSA) is 75.3 Å². The second-order valence-corrected chi connectivity index (χ2v) is 7.27. The van der Waals surface area contributed by atoms with E-state index < -0.39 is 9.84 Å². The minimum atomic E-state index is -2.94. The summed E-state index contributed by atoms with van der Waals surface area (Å²) in [5.74, 6) is -0.0000371. The maximum Gasteiger partial charge on any atom is 0.241 e. The number of carbonyl (C=O) groups excluding carboxylic acids is 1. The lowest BCUT2D eigenvalue weighted by Gasteiger charge is -2.14. The molecule has 1 unspecified atom stereocenters. The van der Waals surface area contributed by atoms with Crippen LogP contribution in [0.2, 0.25) is 0 Å². The average Bonchev–Trinajstić information content (AvgIpc) is 2.36. The molecule has 1 aromatic rings. The predicted molar refractivity (Wildman–Crippen MR) is 81.6 cm³/mol. The largest absolute Gasteiger partial charge is 0.325 e. The van der Waals surface area contributed by atoms with E-state index in [0.29, 0.717) is 13.0 Å². The summed E-state index contributed by atoms with van der Waals surface area (Å²) in [4.78, 5) is 11.9. The Balaban J connectivity index is 2.34. The van der Waals surface area contributed by atoms with E-state index in [1.165, 1.54) is 6.26 Å². The van der Waals surface area contributed by atoms with E-state index in [1.807, 2.05) is 31.2 Å². The van der Waals surface area contributed by atoms with Gasteiger partial charge in [0.2, 0.25) is 5.91 Å². The molecule has 5 nitrogen and oxygen atoms in total. The van der Waals surface area contributed by atoms with Crippen LogP contribution in [0.15, 0.2) is 24.3 Å². The molecule has 1 atom stereocenters. The normalized spacial score (nSPS) is 12.9. The van der Waals surface area contributed by atoms with Crippen LogP contribution in [0.5, 0.6) is 0 Å². The molecule has 0 saturated heterocycles. The smallest absolute Gasteiger partial charge is 0.241 e. The van der Waals surface area contributed by atoms with E-state index in [2.05, 4.69) is 10.6 Å². The molecule has 0 bridgehead atoms. The molecule has 0 spiro atoms. The molecule has 20 heavy (non-hydrogen) atoms. The van der Waals surface area contributed by atoms with E-state index >= 15 is 0 Å². The lowest BCUT2D eigenvalue weighted by molar-refractivity contribution is -0.117. The number of carbonyl (C=O) groups is 1. The highest BCUT2D eigenvalue weighted by molar-refractivity contribution is 7.90. The molecule has 0 radical (unpaired) electrons. The molecule has 1 aromatic carbocycles. The average molecular weight is 298 g/mol. The molecule has 0 aliphatic heterocycles. The van der Waals surface area contributed by atoms with Crippen molar-refractivity contribution in [3.8, 4) is 0 Å². The van der Waals surface area contributed by atoms with Gasteiger partial charge in [0.05, 0.1) is 11.8 Å². The van der Waals surface area contributed by atoms with Gasteiger partial charge in [0, 0.05) is 11.9 Å². The summed E-state index contributed by atoms with van der Waals surface area (Å²) in [6.07, 6.45) is 1.71. The zero-order chi connectivity index (χ0) is 15.2. The summed E-state index contributed by atoms with van der Waals surface area (Å²) >= 11 is 0. The zero-order valence-corrected chi connectivity index (χ0v) is 13.0. The van der Waals surface area contributed by atoms with Crippen LogP contribution >= 0.6 is 0 Å². The summed E-state index contributed by atoms with van der Waals surface area (Å²) in [6, 6.07) is 7.20. The Morgan fingerprint density at radius 2 is 1.85 bits per heavy atom. The van der Waals surface area contributed by atoms with Crippen LogP contribution in [0, 0.1) is 6.92 Å². The first-order valence-corrected chi connectivity index (χ1v) is 8.62. The zero-order valence-electron chi connectivity index (χ0n) is 12.1. The van der Waals surface area contributed by atoms with Crippen LogP contribution < -0.4 is 10.6 Å². The first-order valence-electron chi connectivity index (χ1n) is 6.56. The standard InChI is InChI=1S/C14H22N2O3S/c1-11-5-7-13(8-6-11)16-14(17)12(2)15-9-4-10-20(3,18)19/h5-8,12,15H,4,9-10H2,1-3H3,(H,16,17). The molecule has 1 amide bonds. The number of benzene rings is 1. The Morgan fingerprint density at radius 3 is 2.40 bits per heavy atom. The second kappa shape index (κ2) is 7.40. The third-order valence-electron chi connectivity index (χ3n) is 2.85. The number of hydrogen-bond acceptors (Lipinski definition) is 4. The van der Waals surface area contributed by atoms with Crippen molar-refractivity contribution < 1.29 is 13.2 Å². The number of aryl methyl sites for hydroxylation is 1. The van der Waals surface area contributed by atoms with E-state index in [1.54, 1.807) is 6.92 Å². The van der Waals surface area contributed by atoms with E-state index in [4.69, 9.17) is 0 Å². The summed E-state index contributed by atoms with van der Waals surface area (Å²) in [5, 5.41) is 5.82. The highest BCUT2D eigenvalue weighted by atomic mass is 32.2. The molecule has 0 saturated carbocycles. The molecular weight excluding hydrogens is 276 g/mol. The molecule has 6 heteroatoms. The lowest BCUT2D eigenvalue weighted by Crippen LogP contribution is -2.38. The number of hydrogen-bond donors (Lipinski definition) is 2. The molecule has 112 valence electrons. The molecule has 2 N–H and O–H groups in total. The maximum absolute atomic E-state index is 11.9. The fourth-order valence-electron chi connectivity index (χ4n) is 1.63. The summed E-state index contributed by atoms with van der Waals surface area (Å²) in [7, 11) is -2.94. The van der Waals surface area contributed by atoms with Gasteiger partial charge in [0.15, 0.2) is 0 Å². The minimum Gasteiger partial charge on any atom is -0.325 e. The summed E-state index contributed by atoms with van der Waals surface area (Å²) in [5.41, 5.74) is 1.89. The molecule has 1 rings (SSSR count). The number of amides is 1. The SMILES string of the molecule is Cc1ccc(NC(=O)C(C)NCCCS(C)(=O)=O)cc1. The van der Waals surface area contributed by atoms with Crippen molar-refractivity contribution in [1.29, 1.82) is 0 Å². The highest BCUT2D eigenvalue weighted by Gasteiger charge is 2.12. The molecule has 0 aromatic heterocycles. The molecular formula is C14H22N2O3S. The van der Waals surface area contributed by atoms with Gasteiger partial charge in [-0.25, -0.2) is 8.42 Å². The Hall–Kier alpha value is -1.40. The van der Waals surface area contributed by atoms with Crippen LogP contribution in [0.25, 0.3) is 0 Å². The Morgan fingerprint density at radius 1 is 1.25 bits per heavy atom. The van der Waals surface area contributed by atoms with Gasteiger partial charge in [-0.1, -0.05) is 17.7 Å². The van der Waals surface area contributed by atoms with Gasteiger partial charge in [-0.3, -0.25) is 4.79 Å². The first-order chi connectivity index (χ1) is 9.28. The van der Waals surface area contributed by atoms with E-state index in [0.717, 1.165) is 11.3 Å². The van der Waals surface area contributed by atoms with Crippen LogP contribution in [0.1, 0.15) is 18.9 Å². The maximum atomic E-state index is 11.9. The predicted octanol–water partition coefficient (Wildman–Crippen LogP) is 1.35. The second-order valence-electron chi connectivity index (χ2n) is 5.01. The fraction of sp³-hybridized carbons (Fsp3) is 0.500. The summed E-state index contributed by atoms with van der Waals surface area (Å²) < 4.78 is 21.9. The van der Waals surface area contributed by atoms with Crippen molar-refractivity contribution in [2.45, 2.75) is 26.3 Å². The van der Waals surface area contributed by atoms with Crippen molar-refractivity contribution in [3.63, 3.8) is 0 Å². The fourth-order valence-corrected chi connectivity index (χ4v) is 2.30. The lowest BCUT2D eigenvalue weighted by atomic mass is 10.2. The number of rotatable bonds is 7. The third-order valence-corrected chi connectivity index (χ3v) is 3.89. The monoisotopic (exact) mass is 298 g/mol. The van der Waals surface area contributed by atoms with E-state index in [-0.39, 0.29) is 17.7 Å². The van der Waals surface area contributed by atoms with Crippen molar-refractivity contribution in [2.75, 3.05) is 23.9 Å². The van der Waals surface area contributed by atoms with Gasteiger partial charge >= 0.3 is 0 Å². The van der Waals surface area contributed by atoms with Crippen molar-refractivity contribution in [2.24, 2.45) is 0 Å². The van der Waals surface area contributed by atoms with Crippen LogP contribution in [0.4, 0.5) is 5.69 Å². The van der Waals surface area contributed by atoms with Gasteiger partial charge in [-0.05, 0) is 38.9 Å². The summed E-state index contributed by atoms with van der Waals surface area (Å²) in [6.45, 7) is 4.23. The van der Waals surface area contributed by atoms with E-state index in [9.17, 15) is 13.2 Å². The van der Waals surface area contributed by atoms with Gasteiger partial charge in [-0.15, -0.1) is 0 Å². The highest BCUT2D eigenvalue weighted by Crippen LogP contribution is 2.08. The molecule has 0 fully saturated rings. The number of nitrogens with one attached hydrogen (secondary N) is 2. The van der Waals surface area contributed by atoms with Gasteiger partial charge in [-0.2, -0.15) is 0 Å². The van der Waals surface area contributed by atoms with Crippen molar-refractivity contribution >= 4 is 21.4 Å². The first kappa shape index (κ1) is 16.7. The van der Waals surface area contributed by atoms with Crippen molar-refractivity contribution in [3.05, 3.63) is 29.8 Å². The number of sulfone groups is 1. The minimum absolute atomic E-state index is 0.131. The van der Waals surface area contributed by atoms with Gasteiger partial charge in [0.25, 0.3) is 0 Å². The number of anilines is 1. The Kier molecular flexibility index (Phi) is 6.16. The Bertz CT molecular complexity index is 538. The molecule has 0 aliphatic carbocycles. The molecule has 0 heterocycles. The van der Waals surface area contributed by atoms with Crippen LogP contribution in [0.3, 0.4) is 0 Å².